The fourth-order valence-electron chi connectivity index (χ4n) is 2.82. The Balaban J connectivity index is 1.63. The number of rotatable bonds is 4. The molecule has 1 amide bonds. The minimum atomic E-state index is -0.0966. The molecule has 0 atom stereocenters. The van der Waals surface area contributed by atoms with Crippen molar-refractivity contribution in [1.82, 2.24) is 15.3 Å². The normalized spacial score (nSPS) is 14.6. The lowest BCUT2D eigenvalue weighted by molar-refractivity contribution is 0.0950. The van der Waals surface area contributed by atoms with Crippen LogP contribution in [0.15, 0.2) is 36.5 Å². The highest BCUT2D eigenvalue weighted by Gasteiger charge is 2.13. The van der Waals surface area contributed by atoms with E-state index < -0.39 is 0 Å². The van der Waals surface area contributed by atoms with Crippen LogP contribution in [0.25, 0.3) is 0 Å². The Morgan fingerprint density at radius 2 is 2.04 bits per heavy atom. The molecule has 3 rings (SSSR count). The molecule has 2 heterocycles. The van der Waals surface area contributed by atoms with E-state index in [-0.39, 0.29) is 5.91 Å². The van der Waals surface area contributed by atoms with E-state index in [0.717, 1.165) is 24.5 Å². The largest absolute Gasteiger partial charge is 0.357 e. The van der Waals surface area contributed by atoms with E-state index in [1.807, 2.05) is 37.3 Å². The van der Waals surface area contributed by atoms with Gasteiger partial charge in [0.15, 0.2) is 0 Å². The Kier molecular flexibility index (Phi) is 4.86. The van der Waals surface area contributed by atoms with E-state index in [9.17, 15) is 4.79 Å². The van der Waals surface area contributed by atoms with Crippen LogP contribution >= 0.6 is 0 Å². The van der Waals surface area contributed by atoms with Crippen molar-refractivity contribution >= 4 is 11.7 Å². The number of nitrogens with zero attached hydrogens (tertiary/aromatic N) is 3. The number of nitrogens with one attached hydrogen (secondary N) is 1. The van der Waals surface area contributed by atoms with Crippen LogP contribution in [0.5, 0.6) is 0 Å². The van der Waals surface area contributed by atoms with Crippen molar-refractivity contribution in [2.75, 3.05) is 18.0 Å². The topological polar surface area (TPSA) is 58.1 Å². The van der Waals surface area contributed by atoms with Gasteiger partial charge in [-0.2, -0.15) is 0 Å². The summed E-state index contributed by atoms with van der Waals surface area (Å²) in [5, 5.41) is 2.89. The molecule has 0 bridgehead atoms. The molecule has 1 aliphatic heterocycles. The quantitative estimate of drug-likeness (QED) is 0.943. The number of carbonyl (C=O) groups is 1. The van der Waals surface area contributed by atoms with Crippen molar-refractivity contribution in [3.05, 3.63) is 53.5 Å². The molecule has 23 heavy (non-hydrogen) atoms. The van der Waals surface area contributed by atoms with Gasteiger partial charge in [0.05, 0.1) is 6.54 Å². The second-order valence-electron chi connectivity index (χ2n) is 5.93. The van der Waals surface area contributed by atoms with Crippen LogP contribution in [0.1, 0.15) is 41.0 Å². The van der Waals surface area contributed by atoms with Crippen molar-refractivity contribution in [2.45, 2.75) is 32.7 Å². The van der Waals surface area contributed by atoms with Gasteiger partial charge in [0, 0.05) is 24.8 Å². The fraction of sp³-hybridized carbons (Fsp3) is 0.389. The average molecular weight is 310 g/mol. The molecule has 0 aliphatic carbocycles. The Bertz CT molecular complexity index is 680. The smallest absolute Gasteiger partial charge is 0.251 e. The lowest BCUT2D eigenvalue weighted by Gasteiger charge is -2.27. The first-order valence-electron chi connectivity index (χ1n) is 8.14. The third-order valence-electron chi connectivity index (χ3n) is 4.06. The molecule has 1 fully saturated rings. The van der Waals surface area contributed by atoms with Gasteiger partial charge in [-0.15, -0.1) is 0 Å². The molecule has 0 spiro atoms. The van der Waals surface area contributed by atoms with Crippen LogP contribution in [0.4, 0.5) is 5.82 Å². The molecule has 1 aliphatic rings. The zero-order chi connectivity index (χ0) is 16.1. The van der Waals surface area contributed by atoms with Crippen molar-refractivity contribution in [3.63, 3.8) is 0 Å². The third-order valence-corrected chi connectivity index (χ3v) is 4.06. The van der Waals surface area contributed by atoms with E-state index in [1.165, 1.54) is 19.3 Å². The maximum Gasteiger partial charge on any atom is 0.251 e. The Labute approximate surface area is 136 Å². The molecule has 1 saturated heterocycles. The number of aromatic nitrogens is 2. The zero-order valence-corrected chi connectivity index (χ0v) is 13.5. The van der Waals surface area contributed by atoms with Crippen molar-refractivity contribution in [3.8, 4) is 0 Å². The van der Waals surface area contributed by atoms with E-state index >= 15 is 0 Å². The summed E-state index contributed by atoms with van der Waals surface area (Å²) in [7, 11) is 0. The summed E-state index contributed by atoms with van der Waals surface area (Å²) in [6.45, 7) is 4.41. The first-order valence-corrected chi connectivity index (χ1v) is 8.14. The molecule has 1 aromatic heterocycles. The number of carbonyl (C=O) groups excluding carboxylic acids is 1. The van der Waals surface area contributed by atoms with Crippen LogP contribution < -0.4 is 10.2 Å². The Morgan fingerprint density at radius 1 is 1.22 bits per heavy atom. The standard InChI is InChI=1S/C18H22N4O/c1-14-6-5-7-15(12-14)18(23)20-13-16-19-9-8-17(21-16)22-10-3-2-4-11-22/h5-9,12H,2-4,10-11,13H2,1H3,(H,20,23). The molecule has 0 unspecified atom stereocenters. The average Bonchev–Trinajstić information content (AvgIpc) is 2.61. The highest BCUT2D eigenvalue weighted by atomic mass is 16.1. The highest BCUT2D eigenvalue weighted by molar-refractivity contribution is 5.94. The number of aryl methyl sites for hydroxylation is 1. The lowest BCUT2D eigenvalue weighted by Crippen LogP contribution is -2.31. The molecular weight excluding hydrogens is 288 g/mol. The van der Waals surface area contributed by atoms with Gasteiger partial charge in [-0.1, -0.05) is 17.7 Å². The SMILES string of the molecule is Cc1cccc(C(=O)NCc2nccc(N3CCCCC3)n2)c1. The van der Waals surface area contributed by atoms with E-state index in [4.69, 9.17) is 0 Å². The number of hydrogen-bond acceptors (Lipinski definition) is 4. The van der Waals surface area contributed by atoms with Gasteiger partial charge < -0.3 is 10.2 Å². The highest BCUT2D eigenvalue weighted by Crippen LogP contribution is 2.16. The molecule has 120 valence electrons. The predicted octanol–water partition coefficient (Wildman–Crippen LogP) is 2.71. The van der Waals surface area contributed by atoms with Crippen LogP contribution in [-0.4, -0.2) is 29.0 Å². The van der Waals surface area contributed by atoms with Gasteiger partial charge in [-0.3, -0.25) is 4.79 Å². The molecule has 0 saturated carbocycles. The molecule has 5 nitrogen and oxygen atoms in total. The fourth-order valence-corrected chi connectivity index (χ4v) is 2.82. The van der Waals surface area contributed by atoms with Gasteiger partial charge in [-0.25, -0.2) is 9.97 Å². The molecule has 1 aromatic carbocycles. The number of anilines is 1. The number of benzene rings is 1. The number of piperidine rings is 1. The van der Waals surface area contributed by atoms with E-state index in [0.29, 0.717) is 17.9 Å². The Morgan fingerprint density at radius 3 is 2.83 bits per heavy atom. The zero-order valence-electron chi connectivity index (χ0n) is 13.5. The number of hydrogen-bond donors (Lipinski definition) is 1. The van der Waals surface area contributed by atoms with Gasteiger partial charge in [0.25, 0.3) is 5.91 Å². The second kappa shape index (κ2) is 7.22. The molecule has 2 aromatic rings. The van der Waals surface area contributed by atoms with Gasteiger partial charge >= 0.3 is 0 Å². The maximum atomic E-state index is 12.2. The predicted molar refractivity (Wildman–Crippen MR) is 90.4 cm³/mol. The number of amides is 1. The maximum absolute atomic E-state index is 12.2. The minimum absolute atomic E-state index is 0.0966. The van der Waals surface area contributed by atoms with Crippen LogP contribution in [0.3, 0.4) is 0 Å². The lowest BCUT2D eigenvalue weighted by atomic mass is 10.1. The Hall–Kier alpha value is -2.43. The van der Waals surface area contributed by atoms with Crippen molar-refractivity contribution in [1.29, 1.82) is 0 Å². The van der Waals surface area contributed by atoms with Crippen molar-refractivity contribution < 1.29 is 4.79 Å². The minimum Gasteiger partial charge on any atom is -0.357 e. The van der Waals surface area contributed by atoms with E-state index in [2.05, 4.69) is 20.2 Å². The summed E-state index contributed by atoms with van der Waals surface area (Å²) in [5.74, 6) is 1.51. The summed E-state index contributed by atoms with van der Waals surface area (Å²) in [6.07, 6.45) is 5.49. The van der Waals surface area contributed by atoms with Crippen molar-refractivity contribution in [2.24, 2.45) is 0 Å². The molecule has 5 heteroatoms. The van der Waals surface area contributed by atoms with Gasteiger partial charge in [0.2, 0.25) is 0 Å². The second-order valence-corrected chi connectivity index (χ2v) is 5.93. The summed E-state index contributed by atoms with van der Waals surface area (Å²) >= 11 is 0. The first kappa shape index (κ1) is 15.5. The van der Waals surface area contributed by atoms with Gasteiger partial charge in [-0.05, 0) is 44.4 Å². The van der Waals surface area contributed by atoms with Crippen LogP contribution in [0.2, 0.25) is 0 Å². The molecule has 0 radical (unpaired) electrons. The first-order chi connectivity index (χ1) is 11.2. The van der Waals surface area contributed by atoms with Crippen LogP contribution in [0, 0.1) is 6.92 Å². The molecular formula is C18H22N4O. The summed E-state index contributed by atoms with van der Waals surface area (Å²) < 4.78 is 0. The summed E-state index contributed by atoms with van der Waals surface area (Å²) in [4.78, 5) is 23.3. The van der Waals surface area contributed by atoms with Gasteiger partial charge in [0.1, 0.15) is 11.6 Å². The summed E-state index contributed by atoms with van der Waals surface area (Å²) in [5.41, 5.74) is 1.73. The molecule has 1 N–H and O–H groups in total. The monoisotopic (exact) mass is 310 g/mol. The van der Waals surface area contributed by atoms with E-state index in [1.54, 1.807) is 6.20 Å². The summed E-state index contributed by atoms with van der Waals surface area (Å²) in [6, 6.07) is 9.49. The third kappa shape index (κ3) is 4.06. The van der Waals surface area contributed by atoms with Crippen LogP contribution in [-0.2, 0) is 6.54 Å².